The van der Waals surface area contributed by atoms with Gasteiger partial charge in [0.15, 0.2) is 0 Å². The lowest BCUT2D eigenvalue weighted by Gasteiger charge is -2.37. The molecule has 0 spiro atoms. The zero-order valence-electron chi connectivity index (χ0n) is 15.1. The second-order valence-corrected chi connectivity index (χ2v) is 8.83. The van der Waals surface area contributed by atoms with Crippen LogP contribution in [0, 0.1) is 5.41 Å². The van der Waals surface area contributed by atoms with E-state index in [4.69, 9.17) is 4.74 Å². The molecule has 0 amide bonds. The van der Waals surface area contributed by atoms with Crippen LogP contribution in [0.5, 0.6) is 0 Å². The molecule has 4 unspecified atom stereocenters. The maximum absolute atomic E-state index is 10.4. The van der Waals surface area contributed by atoms with Gasteiger partial charge in [-0.1, -0.05) is 26.8 Å². The third-order valence-corrected chi connectivity index (χ3v) is 5.15. The number of hydrogen-bond donors (Lipinski definition) is 2. The van der Waals surface area contributed by atoms with E-state index in [-0.39, 0.29) is 29.8 Å². The highest BCUT2D eigenvalue weighted by Gasteiger charge is 2.28. The van der Waals surface area contributed by atoms with Gasteiger partial charge in [-0.25, -0.2) is 0 Å². The van der Waals surface area contributed by atoms with Gasteiger partial charge in [-0.15, -0.1) is 11.3 Å². The van der Waals surface area contributed by atoms with Gasteiger partial charge in [0, 0.05) is 37.1 Å². The number of aliphatic hydroxyl groups excluding tert-OH is 1. The summed E-state index contributed by atoms with van der Waals surface area (Å²) in [7, 11) is 0. The van der Waals surface area contributed by atoms with Crippen LogP contribution in [0.15, 0.2) is 17.5 Å². The number of nitrogens with one attached hydrogen (secondary N) is 1. The summed E-state index contributed by atoms with van der Waals surface area (Å²) in [6.07, 6.45) is 0.122. The second kappa shape index (κ2) is 8.08. The number of hydrogen-bond acceptors (Lipinski definition) is 5. The molecule has 0 aliphatic carbocycles. The number of ether oxygens (including phenoxy) is 1. The molecule has 0 bridgehead atoms. The maximum atomic E-state index is 10.4. The Balaban J connectivity index is 1.85. The zero-order chi connectivity index (χ0) is 17.0. The number of aliphatic hydroxyl groups is 1. The monoisotopic (exact) mass is 340 g/mol. The van der Waals surface area contributed by atoms with Crippen molar-refractivity contribution in [2.75, 3.05) is 26.2 Å². The van der Waals surface area contributed by atoms with Gasteiger partial charge in [0.05, 0.1) is 18.3 Å². The summed E-state index contributed by atoms with van der Waals surface area (Å²) >= 11 is 1.77. The highest BCUT2D eigenvalue weighted by molar-refractivity contribution is 7.10. The normalized spacial score (nSPS) is 26.2. The molecule has 2 N–H and O–H groups in total. The minimum atomic E-state index is -0.364. The van der Waals surface area contributed by atoms with E-state index in [9.17, 15) is 5.11 Å². The summed E-state index contributed by atoms with van der Waals surface area (Å²) in [5.74, 6) is 0. The molecule has 1 aromatic heterocycles. The van der Waals surface area contributed by atoms with Crippen LogP contribution in [-0.2, 0) is 4.74 Å². The molecule has 1 aromatic rings. The molecule has 23 heavy (non-hydrogen) atoms. The molecule has 2 heterocycles. The minimum absolute atomic E-state index is 0.118. The van der Waals surface area contributed by atoms with Gasteiger partial charge in [-0.05, 0) is 30.7 Å². The summed E-state index contributed by atoms with van der Waals surface area (Å²) < 4.78 is 5.75. The SMILES string of the molecule is CC1CN(CC(O)CNC(c2cccs2)C(C)(C)C)CC(C)O1. The molecule has 4 atom stereocenters. The molecule has 1 saturated heterocycles. The average Bonchev–Trinajstić information content (AvgIpc) is 2.89. The molecule has 2 rings (SSSR count). The summed E-state index contributed by atoms with van der Waals surface area (Å²) in [4.78, 5) is 3.64. The average molecular weight is 341 g/mol. The standard InChI is InChI=1S/C18H32N2O2S/c1-13-10-20(11-14(2)22-13)12-15(21)9-19-17(18(3,4)5)16-7-6-8-23-16/h6-8,13-15,17,19,21H,9-12H2,1-5H3. The topological polar surface area (TPSA) is 44.7 Å². The van der Waals surface area contributed by atoms with Crippen molar-refractivity contribution < 1.29 is 9.84 Å². The van der Waals surface area contributed by atoms with Crippen LogP contribution in [0.1, 0.15) is 45.5 Å². The molecular formula is C18H32N2O2S. The van der Waals surface area contributed by atoms with Crippen molar-refractivity contribution in [2.45, 2.75) is 59.0 Å². The fourth-order valence-corrected chi connectivity index (χ4v) is 4.38. The van der Waals surface area contributed by atoms with Crippen LogP contribution in [0.25, 0.3) is 0 Å². The first kappa shape index (κ1) is 18.9. The van der Waals surface area contributed by atoms with Crippen molar-refractivity contribution in [3.8, 4) is 0 Å². The van der Waals surface area contributed by atoms with Crippen LogP contribution in [0.3, 0.4) is 0 Å². The number of nitrogens with zero attached hydrogens (tertiary/aromatic N) is 1. The van der Waals surface area contributed by atoms with E-state index in [2.05, 4.69) is 62.3 Å². The van der Waals surface area contributed by atoms with Crippen LogP contribution < -0.4 is 5.32 Å². The largest absolute Gasteiger partial charge is 0.390 e. The van der Waals surface area contributed by atoms with Gasteiger partial charge < -0.3 is 15.2 Å². The van der Waals surface area contributed by atoms with E-state index in [1.54, 1.807) is 11.3 Å². The number of β-amino-alcohol motifs (C(OH)–C–C–N with tert-alkyl or cyclic N) is 1. The maximum Gasteiger partial charge on any atom is 0.0791 e. The van der Waals surface area contributed by atoms with Crippen LogP contribution >= 0.6 is 11.3 Å². The van der Waals surface area contributed by atoms with Gasteiger partial charge in [0.2, 0.25) is 0 Å². The smallest absolute Gasteiger partial charge is 0.0791 e. The van der Waals surface area contributed by atoms with Gasteiger partial charge >= 0.3 is 0 Å². The van der Waals surface area contributed by atoms with Crippen LogP contribution in [0.4, 0.5) is 0 Å². The Morgan fingerprint density at radius 1 is 1.35 bits per heavy atom. The van der Waals surface area contributed by atoms with E-state index in [0.29, 0.717) is 13.1 Å². The van der Waals surface area contributed by atoms with Crippen molar-refractivity contribution in [3.05, 3.63) is 22.4 Å². The molecule has 132 valence electrons. The fraction of sp³-hybridized carbons (Fsp3) is 0.778. The molecule has 4 nitrogen and oxygen atoms in total. The third-order valence-electron chi connectivity index (χ3n) is 4.22. The number of rotatable bonds is 6. The van der Waals surface area contributed by atoms with Crippen molar-refractivity contribution in [1.82, 2.24) is 10.2 Å². The minimum Gasteiger partial charge on any atom is -0.390 e. The Morgan fingerprint density at radius 3 is 2.52 bits per heavy atom. The summed E-state index contributed by atoms with van der Waals surface area (Å²) in [6.45, 7) is 14.0. The summed E-state index contributed by atoms with van der Waals surface area (Å²) in [5.41, 5.74) is 0.118. The molecule has 0 saturated carbocycles. The van der Waals surface area contributed by atoms with E-state index < -0.39 is 0 Å². The van der Waals surface area contributed by atoms with Crippen molar-refractivity contribution >= 4 is 11.3 Å². The Kier molecular flexibility index (Phi) is 6.63. The predicted molar refractivity (Wildman–Crippen MR) is 97.0 cm³/mol. The zero-order valence-corrected chi connectivity index (χ0v) is 15.9. The van der Waals surface area contributed by atoms with Gasteiger partial charge in [0.1, 0.15) is 0 Å². The number of morpholine rings is 1. The van der Waals surface area contributed by atoms with Crippen LogP contribution in [-0.4, -0.2) is 54.5 Å². The van der Waals surface area contributed by atoms with Crippen LogP contribution in [0.2, 0.25) is 0 Å². The highest BCUT2D eigenvalue weighted by Crippen LogP contribution is 2.34. The Bertz CT molecular complexity index is 448. The lowest BCUT2D eigenvalue weighted by molar-refractivity contribution is -0.0764. The molecule has 0 radical (unpaired) electrons. The highest BCUT2D eigenvalue weighted by atomic mass is 32.1. The van der Waals surface area contributed by atoms with E-state index in [0.717, 1.165) is 13.1 Å². The molecule has 1 aliphatic heterocycles. The first-order chi connectivity index (χ1) is 10.8. The van der Waals surface area contributed by atoms with Gasteiger partial charge in [0.25, 0.3) is 0 Å². The first-order valence-corrected chi connectivity index (χ1v) is 9.46. The second-order valence-electron chi connectivity index (χ2n) is 7.85. The number of thiophene rings is 1. The van der Waals surface area contributed by atoms with Crippen molar-refractivity contribution in [1.29, 1.82) is 0 Å². The molecule has 1 fully saturated rings. The van der Waals surface area contributed by atoms with Gasteiger partial charge in [-0.2, -0.15) is 0 Å². The predicted octanol–water partition coefficient (Wildman–Crippen LogP) is 2.90. The third kappa shape index (κ3) is 5.84. The Hall–Kier alpha value is -0.460. The Morgan fingerprint density at radius 2 is 2.00 bits per heavy atom. The van der Waals surface area contributed by atoms with Crippen molar-refractivity contribution in [3.63, 3.8) is 0 Å². The molecular weight excluding hydrogens is 308 g/mol. The molecule has 0 aromatic carbocycles. The summed E-state index contributed by atoms with van der Waals surface area (Å²) in [5, 5.41) is 16.1. The van der Waals surface area contributed by atoms with E-state index in [1.165, 1.54) is 4.88 Å². The molecule has 1 aliphatic rings. The van der Waals surface area contributed by atoms with Crippen molar-refractivity contribution in [2.24, 2.45) is 5.41 Å². The quantitative estimate of drug-likeness (QED) is 0.836. The van der Waals surface area contributed by atoms with E-state index >= 15 is 0 Å². The first-order valence-electron chi connectivity index (χ1n) is 8.58. The molecule has 5 heteroatoms. The Labute approximate surface area is 144 Å². The van der Waals surface area contributed by atoms with E-state index in [1.807, 2.05) is 0 Å². The lowest BCUT2D eigenvalue weighted by Crippen LogP contribution is -2.49. The lowest BCUT2D eigenvalue weighted by atomic mass is 9.85. The van der Waals surface area contributed by atoms with Gasteiger partial charge in [-0.3, -0.25) is 4.90 Å². The summed E-state index contributed by atoms with van der Waals surface area (Å²) in [6, 6.07) is 4.53. The fourth-order valence-electron chi connectivity index (χ4n) is 3.34.